The molecule has 0 spiro atoms. The zero-order chi connectivity index (χ0) is 17.2. The first-order chi connectivity index (χ1) is 11.5. The molecule has 1 atom stereocenters. The number of hydrogen-bond donors (Lipinski definition) is 0. The fourth-order valence-corrected chi connectivity index (χ4v) is 3.84. The van der Waals surface area contributed by atoms with Crippen molar-refractivity contribution in [2.75, 3.05) is 51.8 Å². The van der Waals surface area contributed by atoms with Crippen LogP contribution in [0.1, 0.15) is 25.3 Å². The van der Waals surface area contributed by atoms with E-state index in [-0.39, 0.29) is 5.91 Å². The van der Waals surface area contributed by atoms with Gasteiger partial charge < -0.3 is 14.5 Å². The van der Waals surface area contributed by atoms with Gasteiger partial charge in [-0.25, -0.2) is 0 Å². The summed E-state index contributed by atoms with van der Waals surface area (Å²) in [5.74, 6) is 0.0417. The van der Waals surface area contributed by atoms with Crippen molar-refractivity contribution in [3.63, 3.8) is 0 Å². The van der Waals surface area contributed by atoms with Crippen molar-refractivity contribution in [1.82, 2.24) is 9.80 Å². The number of carbonyl (C=O) groups excluding carboxylic acids is 1. The third-order valence-electron chi connectivity index (χ3n) is 5.04. The second-order valence-electron chi connectivity index (χ2n) is 7.31. The van der Waals surface area contributed by atoms with E-state index in [1.807, 2.05) is 6.92 Å². The monoisotopic (exact) mass is 331 g/mol. The van der Waals surface area contributed by atoms with E-state index in [0.717, 1.165) is 26.2 Å². The third-order valence-corrected chi connectivity index (χ3v) is 5.04. The van der Waals surface area contributed by atoms with Crippen molar-refractivity contribution in [2.45, 2.75) is 31.9 Å². The summed E-state index contributed by atoms with van der Waals surface area (Å²) in [6.07, 6.45) is 2.56. The number of anilines is 1. The van der Waals surface area contributed by atoms with E-state index in [1.165, 1.54) is 24.1 Å². The van der Waals surface area contributed by atoms with Crippen LogP contribution in [0.3, 0.4) is 0 Å². The molecule has 2 aliphatic heterocycles. The molecule has 1 amide bonds. The van der Waals surface area contributed by atoms with Crippen molar-refractivity contribution < 1.29 is 9.53 Å². The maximum absolute atomic E-state index is 12.5. The van der Waals surface area contributed by atoms with Crippen LogP contribution in [-0.2, 0) is 16.1 Å². The van der Waals surface area contributed by atoms with Gasteiger partial charge in [0.2, 0.25) is 0 Å². The Bertz CT molecular complexity index is 584. The number of carbonyl (C=O) groups is 1. The summed E-state index contributed by atoms with van der Waals surface area (Å²) in [4.78, 5) is 18.9. The highest BCUT2D eigenvalue weighted by atomic mass is 16.5. The summed E-state index contributed by atoms with van der Waals surface area (Å²) in [5, 5.41) is 0. The highest BCUT2D eigenvalue weighted by Crippen LogP contribution is 2.27. The molecule has 24 heavy (non-hydrogen) atoms. The summed E-state index contributed by atoms with van der Waals surface area (Å²) in [7, 11) is 3.58. The Kier molecular flexibility index (Phi) is 5.11. The van der Waals surface area contributed by atoms with E-state index in [1.54, 1.807) is 19.0 Å². The van der Waals surface area contributed by atoms with Crippen LogP contribution in [0.5, 0.6) is 0 Å². The van der Waals surface area contributed by atoms with Crippen LogP contribution in [0.15, 0.2) is 24.3 Å². The first-order valence-corrected chi connectivity index (χ1v) is 8.90. The summed E-state index contributed by atoms with van der Waals surface area (Å²) >= 11 is 0. The Morgan fingerprint density at radius 2 is 1.92 bits per heavy atom. The van der Waals surface area contributed by atoms with E-state index in [9.17, 15) is 4.79 Å². The lowest BCUT2D eigenvalue weighted by atomic mass is 10.0. The lowest BCUT2D eigenvalue weighted by Crippen LogP contribution is -2.57. The summed E-state index contributed by atoms with van der Waals surface area (Å²) < 4.78 is 5.84. The van der Waals surface area contributed by atoms with Gasteiger partial charge in [-0.1, -0.05) is 18.2 Å². The Balaban J connectivity index is 1.73. The van der Waals surface area contributed by atoms with Crippen molar-refractivity contribution in [2.24, 2.45) is 0 Å². The molecule has 1 aromatic rings. The van der Waals surface area contributed by atoms with Gasteiger partial charge in [0.1, 0.15) is 0 Å². The molecule has 1 aromatic carbocycles. The number of morpholine rings is 1. The van der Waals surface area contributed by atoms with Gasteiger partial charge >= 0.3 is 0 Å². The molecule has 0 aliphatic carbocycles. The first kappa shape index (κ1) is 17.2. The number of ether oxygens (including phenoxy) is 1. The van der Waals surface area contributed by atoms with Gasteiger partial charge in [0.15, 0.2) is 5.60 Å². The number of para-hydroxylation sites is 1. The highest BCUT2D eigenvalue weighted by molar-refractivity contribution is 5.84. The molecule has 3 rings (SSSR count). The molecule has 2 saturated heterocycles. The van der Waals surface area contributed by atoms with Crippen LogP contribution >= 0.6 is 0 Å². The maximum Gasteiger partial charge on any atom is 0.255 e. The molecular weight excluding hydrogens is 302 g/mol. The van der Waals surface area contributed by atoms with Gasteiger partial charge in [0, 0.05) is 52.5 Å². The Hall–Kier alpha value is -1.59. The molecule has 0 aromatic heterocycles. The van der Waals surface area contributed by atoms with Crippen molar-refractivity contribution >= 4 is 11.6 Å². The first-order valence-electron chi connectivity index (χ1n) is 8.90. The Morgan fingerprint density at radius 3 is 2.62 bits per heavy atom. The fourth-order valence-electron chi connectivity index (χ4n) is 3.84. The van der Waals surface area contributed by atoms with Gasteiger partial charge in [-0.15, -0.1) is 0 Å². The number of likely N-dealkylation sites (N-methyl/N-ethyl adjacent to an activating group) is 1. The highest BCUT2D eigenvalue weighted by Gasteiger charge is 2.40. The average molecular weight is 331 g/mol. The molecule has 5 nitrogen and oxygen atoms in total. The average Bonchev–Trinajstić information content (AvgIpc) is 3.09. The minimum absolute atomic E-state index is 0.0417. The Labute approximate surface area is 145 Å². The zero-order valence-corrected chi connectivity index (χ0v) is 15.1. The van der Waals surface area contributed by atoms with Gasteiger partial charge in [-0.3, -0.25) is 9.69 Å². The van der Waals surface area contributed by atoms with Crippen LogP contribution in [0.4, 0.5) is 5.69 Å². The lowest BCUT2D eigenvalue weighted by molar-refractivity contribution is -0.165. The van der Waals surface area contributed by atoms with Crippen molar-refractivity contribution in [3.05, 3.63) is 29.8 Å². The van der Waals surface area contributed by atoms with Crippen LogP contribution < -0.4 is 4.90 Å². The molecule has 2 heterocycles. The van der Waals surface area contributed by atoms with E-state index in [4.69, 9.17) is 4.74 Å². The predicted octanol–water partition coefficient (Wildman–Crippen LogP) is 1.97. The van der Waals surface area contributed by atoms with Gasteiger partial charge in [0.05, 0.1) is 6.61 Å². The third kappa shape index (κ3) is 3.57. The van der Waals surface area contributed by atoms with Crippen LogP contribution in [0.2, 0.25) is 0 Å². The minimum atomic E-state index is -0.746. The summed E-state index contributed by atoms with van der Waals surface area (Å²) in [6.45, 7) is 7.18. The smallest absolute Gasteiger partial charge is 0.255 e. The Morgan fingerprint density at radius 1 is 1.21 bits per heavy atom. The van der Waals surface area contributed by atoms with Gasteiger partial charge in [-0.05, 0) is 31.4 Å². The summed E-state index contributed by atoms with van der Waals surface area (Å²) in [5.41, 5.74) is 1.95. The molecular formula is C19H29N3O2. The SMILES string of the molecule is CN(C)C(=O)[C@@]1(C)CN(Cc2ccccc2N2CCCC2)CCO1. The normalized spacial score (nSPS) is 25.0. The number of nitrogens with zero attached hydrogens (tertiary/aromatic N) is 3. The molecule has 2 fully saturated rings. The molecule has 5 heteroatoms. The number of rotatable bonds is 4. The van der Waals surface area contributed by atoms with Crippen LogP contribution in [-0.4, -0.2) is 68.2 Å². The predicted molar refractivity (Wildman–Crippen MR) is 96.2 cm³/mol. The zero-order valence-electron chi connectivity index (χ0n) is 15.1. The molecule has 132 valence electrons. The van der Waals surface area contributed by atoms with E-state index >= 15 is 0 Å². The molecule has 0 N–H and O–H groups in total. The van der Waals surface area contributed by atoms with Crippen LogP contribution in [0, 0.1) is 0 Å². The van der Waals surface area contributed by atoms with Gasteiger partial charge in [0.25, 0.3) is 5.91 Å². The lowest BCUT2D eigenvalue weighted by Gasteiger charge is -2.40. The molecule has 0 radical (unpaired) electrons. The fraction of sp³-hybridized carbons (Fsp3) is 0.632. The van der Waals surface area contributed by atoms with E-state index < -0.39 is 5.60 Å². The van der Waals surface area contributed by atoms with Crippen LogP contribution in [0.25, 0.3) is 0 Å². The topological polar surface area (TPSA) is 36.0 Å². The van der Waals surface area contributed by atoms with Crippen molar-refractivity contribution in [1.29, 1.82) is 0 Å². The molecule has 2 aliphatic rings. The largest absolute Gasteiger partial charge is 0.371 e. The van der Waals surface area contributed by atoms with E-state index in [0.29, 0.717) is 13.2 Å². The second-order valence-corrected chi connectivity index (χ2v) is 7.31. The van der Waals surface area contributed by atoms with E-state index in [2.05, 4.69) is 34.1 Å². The number of hydrogen-bond acceptors (Lipinski definition) is 4. The quantitative estimate of drug-likeness (QED) is 0.845. The minimum Gasteiger partial charge on any atom is -0.371 e. The van der Waals surface area contributed by atoms with Crippen molar-refractivity contribution in [3.8, 4) is 0 Å². The number of benzene rings is 1. The number of amides is 1. The molecule has 0 saturated carbocycles. The molecule has 0 unspecified atom stereocenters. The standard InChI is InChI=1S/C19H29N3O2/c1-19(18(23)20(2)3)15-21(12-13-24-19)14-16-8-4-5-9-17(16)22-10-6-7-11-22/h4-5,8-9H,6-7,10-15H2,1-3H3/t19-/m1/s1. The summed E-state index contributed by atoms with van der Waals surface area (Å²) in [6, 6.07) is 8.68. The second kappa shape index (κ2) is 7.11. The molecule has 0 bridgehead atoms. The van der Waals surface area contributed by atoms with Gasteiger partial charge in [-0.2, -0.15) is 0 Å². The maximum atomic E-state index is 12.5.